The van der Waals surface area contributed by atoms with Gasteiger partial charge in [0.2, 0.25) is 0 Å². The molecule has 5 nitrogen and oxygen atoms in total. The van der Waals surface area contributed by atoms with Gasteiger partial charge in [-0.15, -0.1) is 0 Å². The first kappa shape index (κ1) is 23.3. The molecule has 0 spiro atoms. The van der Waals surface area contributed by atoms with Crippen LogP contribution < -0.4 is 5.32 Å². The summed E-state index contributed by atoms with van der Waals surface area (Å²) in [5, 5.41) is 16.3. The van der Waals surface area contributed by atoms with Crippen molar-refractivity contribution < 1.29 is 5.11 Å². The summed E-state index contributed by atoms with van der Waals surface area (Å²) in [7, 11) is 0. The van der Waals surface area contributed by atoms with E-state index in [1.165, 1.54) is 0 Å². The van der Waals surface area contributed by atoms with E-state index >= 15 is 0 Å². The van der Waals surface area contributed by atoms with Crippen LogP contribution in [0, 0.1) is 0 Å². The van der Waals surface area contributed by atoms with Gasteiger partial charge in [0.1, 0.15) is 5.75 Å². The number of fused-ring (bicyclic) bond motifs is 1. The Kier molecular flexibility index (Phi) is 8.13. The summed E-state index contributed by atoms with van der Waals surface area (Å²) in [5.74, 6) is 0.399. The molecule has 0 bridgehead atoms. The predicted molar refractivity (Wildman–Crippen MR) is 131 cm³/mol. The molecule has 1 aromatic heterocycles. The highest BCUT2D eigenvalue weighted by atomic mass is 35.5. The van der Waals surface area contributed by atoms with Crippen LogP contribution in [0.2, 0.25) is 5.02 Å². The highest BCUT2D eigenvalue weighted by molar-refractivity contribution is 6.31. The molecule has 0 unspecified atom stereocenters. The van der Waals surface area contributed by atoms with Crippen LogP contribution in [-0.2, 0) is 13.1 Å². The fraction of sp³-hybridized carbons (Fsp3) is 0.400. The number of phenolic OH excluding ortho intramolecular Hbond substituents is 1. The first-order valence-electron chi connectivity index (χ1n) is 11.1. The molecular weight excluding hydrogens is 408 g/mol. The number of rotatable bonds is 10. The zero-order valence-corrected chi connectivity index (χ0v) is 19.7. The van der Waals surface area contributed by atoms with Crippen molar-refractivity contribution in [1.29, 1.82) is 0 Å². The first-order valence-corrected chi connectivity index (χ1v) is 11.5. The number of aromatic nitrogens is 1. The molecule has 0 aliphatic rings. The summed E-state index contributed by atoms with van der Waals surface area (Å²) in [6.45, 7) is 13.8. The number of hydrogen-bond donors (Lipinski definition) is 2. The van der Waals surface area contributed by atoms with E-state index in [0.29, 0.717) is 23.9 Å². The number of pyridine rings is 1. The average Bonchev–Trinajstić information content (AvgIpc) is 2.78. The van der Waals surface area contributed by atoms with Crippen molar-refractivity contribution in [2.45, 2.75) is 40.8 Å². The summed E-state index contributed by atoms with van der Waals surface area (Å²) in [6.07, 6.45) is 1.79. The Labute approximate surface area is 190 Å². The van der Waals surface area contributed by atoms with Gasteiger partial charge in [-0.3, -0.25) is 14.8 Å². The average molecular weight is 441 g/mol. The molecule has 3 rings (SSSR count). The van der Waals surface area contributed by atoms with Crippen LogP contribution in [0.15, 0.2) is 42.6 Å². The Morgan fingerprint density at radius 3 is 2.00 bits per heavy atom. The van der Waals surface area contributed by atoms with E-state index < -0.39 is 0 Å². The van der Waals surface area contributed by atoms with Crippen molar-refractivity contribution in [3.63, 3.8) is 0 Å². The van der Waals surface area contributed by atoms with Crippen molar-refractivity contribution >= 4 is 33.9 Å². The van der Waals surface area contributed by atoms with E-state index in [0.717, 1.165) is 59.6 Å². The van der Waals surface area contributed by atoms with E-state index in [9.17, 15) is 5.11 Å². The normalized spacial score (nSPS) is 11.6. The second-order valence-electron chi connectivity index (χ2n) is 7.71. The smallest absolute Gasteiger partial charge is 0.124 e. The molecule has 2 N–H and O–H groups in total. The van der Waals surface area contributed by atoms with Crippen LogP contribution in [-0.4, -0.2) is 46.1 Å². The number of nitrogens with one attached hydrogen (secondary N) is 1. The van der Waals surface area contributed by atoms with Crippen molar-refractivity contribution in [2.24, 2.45) is 0 Å². The maximum Gasteiger partial charge on any atom is 0.124 e. The van der Waals surface area contributed by atoms with Crippen LogP contribution >= 0.6 is 11.6 Å². The van der Waals surface area contributed by atoms with Gasteiger partial charge < -0.3 is 10.4 Å². The molecule has 0 saturated carbocycles. The molecule has 0 saturated heterocycles. The summed E-state index contributed by atoms with van der Waals surface area (Å²) >= 11 is 6.14. The van der Waals surface area contributed by atoms with E-state index in [2.05, 4.69) is 59.9 Å². The van der Waals surface area contributed by atoms with Crippen molar-refractivity contribution in [1.82, 2.24) is 14.8 Å². The second-order valence-corrected chi connectivity index (χ2v) is 8.15. The van der Waals surface area contributed by atoms with Crippen LogP contribution in [0.4, 0.5) is 11.4 Å². The van der Waals surface area contributed by atoms with Crippen LogP contribution in [0.1, 0.15) is 38.8 Å². The van der Waals surface area contributed by atoms with Gasteiger partial charge in [-0.05, 0) is 62.6 Å². The molecular formula is C25H33ClN4O. The zero-order chi connectivity index (χ0) is 22.4. The third-order valence-corrected chi connectivity index (χ3v) is 6.06. The second kappa shape index (κ2) is 10.8. The first-order chi connectivity index (χ1) is 15.0. The van der Waals surface area contributed by atoms with Gasteiger partial charge in [0.25, 0.3) is 0 Å². The van der Waals surface area contributed by atoms with Crippen molar-refractivity contribution in [3.05, 3.63) is 58.7 Å². The maximum atomic E-state index is 11.1. The van der Waals surface area contributed by atoms with Crippen molar-refractivity contribution in [2.75, 3.05) is 31.5 Å². The Balaban J connectivity index is 2.02. The van der Waals surface area contributed by atoms with Gasteiger partial charge in [0.15, 0.2) is 0 Å². The molecule has 31 heavy (non-hydrogen) atoms. The SMILES string of the molecule is CCN(CC)Cc1cc(Nc2ccnc3cc(Cl)ccc23)cc(CN(CC)CC)c1O. The van der Waals surface area contributed by atoms with Gasteiger partial charge in [-0.2, -0.15) is 0 Å². The number of benzene rings is 2. The number of halogens is 1. The highest BCUT2D eigenvalue weighted by Gasteiger charge is 2.15. The summed E-state index contributed by atoms with van der Waals surface area (Å²) in [4.78, 5) is 9.06. The number of nitrogens with zero attached hydrogens (tertiary/aromatic N) is 3. The number of anilines is 2. The largest absolute Gasteiger partial charge is 0.507 e. The van der Waals surface area contributed by atoms with Crippen LogP contribution in [0.25, 0.3) is 10.9 Å². The van der Waals surface area contributed by atoms with E-state index in [-0.39, 0.29) is 0 Å². The molecule has 1 heterocycles. The minimum atomic E-state index is 0.399. The van der Waals surface area contributed by atoms with Gasteiger partial charge in [-0.25, -0.2) is 0 Å². The number of aromatic hydroxyl groups is 1. The lowest BCUT2D eigenvalue weighted by atomic mass is 10.0. The minimum Gasteiger partial charge on any atom is -0.507 e. The van der Waals surface area contributed by atoms with E-state index in [4.69, 9.17) is 11.6 Å². The Hall–Kier alpha value is -2.34. The van der Waals surface area contributed by atoms with Crippen LogP contribution in [0.3, 0.4) is 0 Å². The molecule has 166 valence electrons. The lowest BCUT2D eigenvalue weighted by Gasteiger charge is -2.23. The standard InChI is InChI=1S/C25H33ClN4O/c1-5-29(6-2)16-18-13-21(14-19(25(18)31)17-30(7-3)8-4)28-23-11-12-27-24-15-20(26)9-10-22(23)24/h9-15,31H,5-8,16-17H2,1-4H3,(H,27,28). The lowest BCUT2D eigenvalue weighted by molar-refractivity contribution is 0.281. The quantitative estimate of drug-likeness (QED) is 0.377. The van der Waals surface area contributed by atoms with E-state index in [1.54, 1.807) is 6.20 Å². The Morgan fingerprint density at radius 1 is 0.871 bits per heavy atom. The fourth-order valence-electron chi connectivity index (χ4n) is 3.84. The number of phenols is 1. The predicted octanol–water partition coefficient (Wildman–Crippen LogP) is 6.02. The summed E-state index contributed by atoms with van der Waals surface area (Å²) < 4.78 is 0. The minimum absolute atomic E-state index is 0.399. The molecule has 2 aromatic carbocycles. The zero-order valence-electron chi connectivity index (χ0n) is 19.0. The molecule has 0 amide bonds. The molecule has 0 radical (unpaired) electrons. The molecule has 0 aliphatic carbocycles. The summed E-state index contributed by atoms with van der Waals surface area (Å²) in [5.41, 5.74) is 4.66. The Bertz CT molecular complexity index is 981. The van der Waals surface area contributed by atoms with Gasteiger partial charge in [0.05, 0.1) is 5.52 Å². The highest BCUT2D eigenvalue weighted by Crippen LogP contribution is 2.33. The fourth-order valence-corrected chi connectivity index (χ4v) is 4.00. The molecule has 0 atom stereocenters. The van der Waals surface area contributed by atoms with Gasteiger partial charge in [0, 0.05) is 52.2 Å². The molecule has 6 heteroatoms. The molecule has 0 aliphatic heterocycles. The monoisotopic (exact) mass is 440 g/mol. The van der Waals surface area contributed by atoms with Gasteiger partial charge in [-0.1, -0.05) is 39.3 Å². The lowest BCUT2D eigenvalue weighted by Crippen LogP contribution is -2.24. The Morgan fingerprint density at radius 2 is 1.45 bits per heavy atom. The molecule has 0 fully saturated rings. The third-order valence-electron chi connectivity index (χ3n) is 5.83. The van der Waals surface area contributed by atoms with Crippen molar-refractivity contribution in [3.8, 4) is 5.75 Å². The molecule has 3 aromatic rings. The number of hydrogen-bond acceptors (Lipinski definition) is 5. The van der Waals surface area contributed by atoms with E-state index in [1.807, 2.05) is 24.3 Å². The van der Waals surface area contributed by atoms with Gasteiger partial charge >= 0.3 is 0 Å². The third kappa shape index (κ3) is 5.67. The topological polar surface area (TPSA) is 51.6 Å². The maximum absolute atomic E-state index is 11.1. The summed E-state index contributed by atoms with van der Waals surface area (Å²) in [6, 6.07) is 11.8. The van der Waals surface area contributed by atoms with Crippen LogP contribution in [0.5, 0.6) is 5.75 Å².